The van der Waals surface area contributed by atoms with Crippen LogP contribution in [0, 0.1) is 16.0 Å². The van der Waals surface area contributed by atoms with Gasteiger partial charge >= 0.3 is 0 Å². The van der Waals surface area contributed by atoms with Gasteiger partial charge in [-0.1, -0.05) is 19.0 Å². The highest BCUT2D eigenvalue weighted by molar-refractivity contribution is 6.05. The van der Waals surface area contributed by atoms with Gasteiger partial charge in [0, 0.05) is 18.2 Å². The molecule has 0 aliphatic carbocycles. The average Bonchev–Trinajstić information content (AvgIpc) is 3.43. The largest absolute Gasteiger partial charge is 0.497 e. The van der Waals surface area contributed by atoms with E-state index in [-0.39, 0.29) is 46.7 Å². The molecule has 32 heavy (non-hydrogen) atoms. The van der Waals surface area contributed by atoms with Gasteiger partial charge in [-0.3, -0.25) is 14.9 Å². The standard InChI is InChI=1S/C22H21N3O7/c1-12(2)10-23-22(26)19-20(13-4-6-14(29-3)7-5-13)24-32-21(19)15-8-17-18(31-11-30-17)9-16(15)25(27)28/h4-9,12H,10-11H2,1-3H3,(H,23,26). The third-order valence-corrected chi connectivity index (χ3v) is 4.89. The molecule has 0 spiro atoms. The number of hydrogen-bond donors (Lipinski definition) is 1. The minimum absolute atomic E-state index is 0.0259. The van der Waals surface area contributed by atoms with E-state index in [1.807, 2.05) is 13.8 Å². The Balaban J connectivity index is 1.88. The van der Waals surface area contributed by atoms with Crippen molar-refractivity contribution in [3.63, 3.8) is 0 Å². The van der Waals surface area contributed by atoms with Crippen LogP contribution in [-0.2, 0) is 0 Å². The highest BCUT2D eigenvalue weighted by atomic mass is 16.7. The molecule has 1 N–H and O–H groups in total. The minimum atomic E-state index is -0.567. The average molecular weight is 439 g/mol. The fourth-order valence-electron chi connectivity index (χ4n) is 3.28. The van der Waals surface area contributed by atoms with Crippen molar-refractivity contribution in [1.82, 2.24) is 10.5 Å². The zero-order valence-corrected chi connectivity index (χ0v) is 17.7. The SMILES string of the molecule is COc1ccc(-c2noc(-c3cc4c(cc3[N+](=O)[O-])OCO4)c2C(=O)NCC(C)C)cc1. The van der Waals surface area contributed by atoms with E-state index >= 15 is 0 Å². The number of carbonyl (C=O) groups excluding carboxylic acids is 1. The van der Waals surface area contributed by atoms with Crippen LogP contribution in [0.25, 0.3) is 22.6 Å². The van der Waals surface area contributed by atoms with E-state index < -0.39 is 10.8 Å². The lowest BCUT2D eigenvalue weighted by Gasteiger charge is -2.09. The maximum atomic E-state index is 13.2. The number of nitrogens with one attached hydrogen (secondary N) is 1. The Morgan fingerprint density at radius 1 is 1.22 bits per heavy atom. The summed E-state index contributed by atoms with van der Waals surface area (Å²) in [7, 11) is 1.55. The summed E-state index contributed by atoms with van der Waals surface area (Å²) < 4.78 is 21.3. The number of nitro groups is 1. The first-order chi connectivity index (χ1) is 15.4. The summed E-state index contributed by atoms with van der Waals surface area (Å²) in [4.78, 5) is 24.4. The summed E-state index contributed by atoms with van der Waals surface area (Å²) in [6, 6.07) is 9.59. The van der Waals surface area contributed by atoms with Gasteiger partial charge in [0.25, 0.3) is 11.6 Å². The van der Waals surface area contributed by atoms with Crippen LogP contribution in [0.4, 0.5) is 5.69 Å². The first-order valence-corrected chi connectivity index (χ1v) is 9.89. The van der Waals surface area contributed by atoms with E-state index in [2.05, 4.69) is 10.5 Å². The zero-order chi connectivity index (χ0) is 22.8. The molecule has 0 bridgehead atoms. The number of aromatic nitrogens is 1. The number of nitro benzene ring substituents is 1. The van der Waals surface area contributed by atoms with Gasteiger partial charge < -0.3 is 24.1 Å². The summed E-state index contributed by atoms with van der Waals surface area (Å²) in [5, 5.41) is 18.7. The van der Waals surface area contributed by atoms with E-state index in [0.717, 1.165) is 0 Å². The first-order valence-electron chi connectivity index (χ1n) is 9.89. The molecule has 10 heteroatoms. The van der Waals surface area contributed by atoms with Gasteiger partial charge in [-0.15, -0.1) is 0 Å². The van der Waals surface area contributed by atoms with Gasteiger partial charge in [0.1, 0.15) is 22.6 Å². The lowest BCUT2D eigenvalue weighted by Crippen LogP contribution is -2.27. The monoisotopic (exact) mass is 439 g/mol. The number of benzene rings is 2. The maximum Gasteiger partial charge on any atom is 0.284 e. The van der Waals surface area contributed by atoms with Crippen LogP contribution in [0.5, 0.6) is 17.2 Å². The predicted octanol–water partition coefficient (Wildman–Crippen LogP) is 4.04. The van der Waals surface area contributed by atoms with Crippen molar-refractivity contribution < 1.29 is 28.5 Å². The van der Waals surface area contributed by atoms with Crippen LogP contribution >= 0.6 is 0 Å². The first kappa shape index (κ1) is 21.2. The Morgan fingerprint density at radius 2 is 1.91 bits per heavy atom. The van der Waals surface area contributed by atoms with Crippen molar-refractivity contribution in [2.24, 2.45) is 5.92 Å². The summed E-state index contributed by atoms with van der Waals surface area (Å²) in [6.45, 7) is 4.28. The molecular weight excluding hydrogens is 418 g/mol. The Labute approximate surface area is 183 Å². The molecule has 1 aliphatic rings. The molecule has 2 heterocycles. The predicted molar refractivity (Wildman–Crippen MR) is 114 cm³/mol. The minimum Gasteiger partial charge on any atom is -0.497 e. The van der Waals surface area contributed by atoms with Crippen molar-refractivity contribution in [2.75, 3.05) is 20.4 Å². The molecule has 0 fully saturated rings. The molecule has 166 valence electrons. The Morgan fingerprint density at radius 3 is 2.53 bits per heavy atom. The van der Waals surface area contributed by atoms with Gasteiger partial charge in [0.15, 0.2) is 17.3 Å². The molecule has 1 aromatic heterocycles. The second kappa shape index (κ2) is 8.58. The summed E-state index contributed by atoms with van der Waals surface area (Å²) in [6.07, 6.45) is 0. The van der Waals surface area contributed by atoms with E-state index in [1.54, 1.807) is 31.4 Å². The van der Waals surface area contributed by atoms with Gasteiger partial charge in [-0.05, 0) is 30.2 Å². The highest BCUT2D eigenvalue weighted by Crippen LogP contribution is 2.44. The van der Waals surface area contributed by atoms with Gasteiger partial charge in [-0.25, -0.2) is 0 Å². The summed E-state index contributed by atoms with van der Waals surface area (Å²) >= 11 is 0. The van der Waals surface area contributed by atoms with Gasteiger partial charge in [0.05, 0.1) is 18.1 Å². The smallest absolute Gasteiger partial charge is 0.284 e. The molecule has 0 saturated carbocycles. The molecule has 3 aromatic rings. The molecular formula is C22H21N3O7. The summed E-state index contributed by atoms with van der Waals surface area (Å²) in [5.41, 5.74) is 0.735. The number of methoxy groups -OCH3 is 1. The van der Waals surface area contributed by atoms with Crippen molar-refractivity contribution >= 4 is 11.6 Å². The van der Waals surface area contributed by atoms with Crippen molar-refractivity contribution in [3.05, 3.63) is 52.1 Å². The Hall–Kier alpha value is -4.08. The van der Waals surface area contributed by atoms with E-state index in [9.17, 15) is 14.9 Å². The third kappa shape index (κ3) is 3.94. The molecule has 4 rings (SSSR count). The van der Waals surface area contributed by atoms with Crippen molar-refractivity contribution in [3.8, 4) is 39.8 Å². The van der Waals surface area contributed by atoms with Crippen LogP contribution in [0.1, 0.15) is 24.2 Å². The van der Waals surface area contributed by atoms with Crippen molar-refractivity contribution in [1.29, 1.82) is 0 Å². The Kier molecular flexibility index (Phi) is 5.67. The number of carbonyl (C=O) groups is 1. The molecule has 2 aromatic carbocycles. The highest BCUT2D eigenvalue weighted by Gasteiger charge is 2.32. The molecule has 1 amide bonds. The third-order valence-electron chi connectivity index (χ3n) is 4.89. The lowest BCUT2D eigenvalue weighted by atomic mass is 10.00. The second-order valence-corrected chi connectivity index (χ2v) is 7.55. The molecule has 0 atom stereocenters. The van der Waals surface area contributed by atoms with Gasteiger partial charge in [-0.2, -0.15) is 0 Å². The van der Waals surface area contributed by atoms with Gasteiger partial charge in [0.2, 0.25) is 6.79 Å². The fraction of sp³-hybridized carbons (Fsp3) is 0.273. The van der Waals surface area contributed by atoms with Crippen LogP contribution in [-0.4, -0.2) is 36.4 Å². The molecule has 0 saturated heterocycles. The second-order valence-electron chi connectivity index (χ2n) is 7.55. The number of amides is 1. The molecule has 0 radical (unpaired) electrons. The lowest BCUT2D eigenvalue weighted by molar-refractivity contribution is -0.384. The Bertz CT molecular complexity index is 1170. The summed E-state index contributed by atoms with van der Waals surface area (Å²) in [5.74, 6) is 0.929. The number of ether oxygens (including phenoxy) is 3. The molecule has 0 unspecified atom stereocenters. The number of nitrogens with zero attached hydrogens (tertiary/aromatic N) is 2. The van der Waals surface area contributed by atoms with Crippen LogP contribution in [0.15, 0.2) is 40.9 Å². The van der Waals surface area contributed by atoms with E-state index in [4.69, 9.17) is 18.7 Å². The van der Waals surface area contributed by atoms with E-state index in [0.29, 0.717) is 23.6 Å². The number of fused-ring (bicyclic) bond motifs is 1. The normalized spacial score (nSPS) is 12.1. The topological polar surface area (TPSA) is 126 Å². The number of rotatable bonds is 7. The quantitative estimate of drug-likeness (QED) is 0.432. The van der Waals surface area contributed by atoms with E-state index in [1.165, 1.54) is 12.1 Å². The molecule has 1 aliphatic heterocycles. The maximum absolute atomic E-state index is 13.2. The van der Waals surface area contributed by atoms with Crippen molar-refractivity contribution in [2.45, 2.75) is 13.8 Å². The zero-order valence-electron chi connectivity index (χ0n) is 17.7. The molecule has 10 nitrogen and oxygen atoms in total. The number of hydrogen-bond acceptors (Lipinski definition) is 8. The van der Waals surface area contributed by atoms with Crippen LogP contribution in [0.3, 0.4) is 0 Å². The van der Waals surface area contributed by atoms with Crippen LogP contribution < -0.4 is 19.5 Å². The fourth-order valence-corrected chi connectivity index (χ4v) is 3.28. The van der Waals surface area contributed by atoms with Crippen LogP contribution in [0.2, 0.25) is 0 Å².